The topological polar surface area (TPSA) is 38.3 Å². The number of alkyl carbamates (subject to hydrolysis) is 1. The lowest BCUT2D eigenvalue weighted by Crippen LogP contribution is -2.39. The van der Waals surface area contributed by atoms with Crippen LogP contribution in [-0.2, 0) is 4.74 Å². The van der Waals surface area contributed by atoms with Gasteiger partial charge in [0, 0.05) is 6.04 Å². The predicted molar refractivity (Wildman–Crippen MR) is 56.6 cm³/mol. The number of hydrogen-bond donors (Lipinski definition) is 1. The van der Waals surface area contributed by atoms with Gasteiger partial charge in [-0.05, 0) is 31.6 Å². The first-order valence-electron chi connectivity index (χ1n) is 5.90. The molecule has 0 saturated heterocycles. The van der Waals surface area contributed by atoms with Gasteiger partial charge in [-0.25, -0.2) is 4.79 Å². The van der Waals surface area contributed by atoms with Crippen LogP contribution >= 0.6 is 0 Å². The molecule has 1 aliphatic rings. The second-order valence-electron chi connectivity index (χ2n) is 4.46. The molecule has 1 saturated carbocycles. The van der Waals surface area contributed by atoms with E-state index in [9.17, 15) is 18.0 Å². The molecule has 0 heterocycles. The number of rotatable bonds is 3. The minimum absolute atomic E-state index is 0.0430. The van der Waals surface area contributed by atoms with Gasteiger partial charge in [-0.3, -0.25) is 0 Å². The van der Waals surface area contributed by atoms with E-state index in [-0.39, 0.29) is 6.04 Å². The molecule has 1 aliphatic carbocycles. The molecule has 1 amide bonds. The van der Waals surface area contributed by atoms with E-state index in [1.54, 1.807) is 0 Å². The number of hydrogen-bond acceptors (Lipinski definition) is 2. The molecule has 0 aromatic carbocycles. The normalized spacial score (nSPS) is 25.4. The van der Waals surface area contributed by atoms with Crippen LogP contribution in [-0.4, -0.2) is 24.9 Å². The third-order valence-electron chi connectivity index (χ3n) is 3.11. The maximum absolute atomic E-state index is 11.8. The molecule has 1 N–H and O–H groups in total. The Morgan fingerprint density at radius 2 is 1.88 bits per heavy atom. The molecule has 0 unspecified atom stereocenters. The molecule has 0 spiro atoms. The van der Waals surface area contributed by atoms with Gasteiger partial charge in [-0.15, -0.1) is 0 Å². The molecule has 17 heavy (non-hydrogen) atoms. The Morgan fingerprint density at radius 1 is 1.29 bits per heavy atom. The van der Waals surface area contributed by atoms with Crippen molar-refractivity contribution in [2.75, 3.05) is 6.61 Å². The van der Waals surface area contributed by atoms with Crippen LogP contribution in [0.5, 0.6) is 0 Å². The summed E-state index contributed by atoms with van der Waals surface area (Å²) in [7, 11) is 0. The summed E-state index contributed by atoms with van der Waals surface area (Å²) >= 11 is 0. The Hall–Kier alpha value is -0.940. The molecule has 0 aromatic heterocycles. The van der Waals surface area contributed by atoms with Crippen LogP contribution in [0.2, 0.25) is 0 Å². The summed E-state index contributed by atoms with van der Waals surface area (Å²) in [6, 6.07) is -0.0430. The van der Waals surface area contributed by atoms with E-state index in [0.717, 1.165) is 32.1 Å². The predicted octanol–water partition coefficient (Wildman–Crippen LogP) is 3.24. The number of halogens is 3. The monoisotopic (exact) mass is 253 g/mol. The third kappa shape index (κ3) is 5.79. The smallest absolute Gasteiger partial charge is 0.422 e. The summed E-state index contributed by atoms with van der Waals surface area (Å²) in [5.74, 6) is 0.680. The van der Waals surface area contributed by atoms with Crippen molar-refractivity contribution in [3.05, 3.63) is 0 Å². The van der Waals surface area contributed by atoms with Crippen molar-refractivity contribution in [1.29, 1.82) is 0 Å². The molecule has 0 radical (unpaired) electrons. The van der Waals surface area contributed by atoms with Crippen LogP contribution in [0.3, 0.4) is 0 Å². The summed E-state index contributed by atoms with van der Waals surface area (Å²) in [5.41, 5.74) is 0. The number of alkyl halides is 3. The van der Waals surface area contributed by atoms with Crippen LogP contribution in [0.25, 0.3) is 0 Å². The van der Waals surface area contributed by atoms with Crippen LogP contribution < -0.4 is 5.32 Å². The minimum Gasteiger partial charge on any atom is -0.440 e. The van der Waals surface area contributed by atoms with Crippen molar-refractivity contribution in [2.45, 2.75) is 51.2 Å². The highest BCUT2D eigenvalue weighted by atomic mass is 19.4. The van der Waals surface area contributed by atoms with Gasteiger partial charge in [0.25, 0.3) is 0 Å². The molecule has 3 nitrogen and oxygen atoms in total. The maximum Gasteiger partial charge on any atom is 0.422 e. The van der Waals surface area contributed by atoms with Gasteiger partial charge in [0.1, 0.15) is 0 Å². The van der Waals surface area contributed by atoms with Gasteiger partial charge in [-0.1, -0.05) is 13.3 Å². The minimum atomic E-state index is -4.46. The molecule has 0 atom stereocenters. The maximum atomic E-state index is 11.8. The quantitative estimate of drug-likeness (QED) is 0.838. The van der Waals surface area contributed by atoms with Gasteiger partial charge in [0.15, 0.2) is 6.61 Å². The summed E-state index contributed by atoms with van der Waals surface area (Å²) in [5, 5.41) is 2.47. The number of carbonyl (C=O) groups excluding carboxylic acids is 1. The zero-order valence-electron chi connectivity index (χ0n) is 9.85. The molecule has 0 aliphatic heterocycles. The molecular weight excluding hydrogens is 235 g/mol. The summed E-state index contributed by atoms with van der Waals surface area (Å²) < 4.78 is 39.4. The molecule has 6 heteroatoms. The van der Waals surface area contributed by atoms with E-state index in [4.69, 9.17) is 0 Å². The summed E-state index contributed by atoms with van der Waals surface area (Å²) in [6.45, 7) is 0.596. The van der Waals surface area contributed by atoms with E-state index in [1.165, 1.54) is 0 Å². The third-order valence-corrected chi connectivity index (χ3v) is 3.11. The van der Waals surface area contributed by atoms with Crippen molar-refractivity contribution in [2.24, 2.45) is 5.92 Å². The lowest BCUT2D eigenvalue weighted by molar-refractivity contribution is -0.160. The summed E-state index contributed by atoms with van der Waals surface area (Å²) in [6.07, 6.45) is -0.648. The van der Waals surface area contributed by atoms with Crippen molar-refractivity contribution >= 4 is 6.09 Å². The molecule has 0 aromatic rings. The van der Waals surface area contributed by atoms with E-state index in [1.807, 2.05) is 0 Å². The second-order valence-corrected chi connectivity index (χ2v) is 4.46. The van der Waals surface area contributed by atoms with Crippen LogP contribution in [0.1, 0.15) is 39.0 Å². The number of ether oxygens (including phenoxy) is 1. The fourth-order valence-corrected chi connectivity index (χ4v) is 2.07. The number of nitrogens with one attached hydrogen (secondary N) is 1. The van der Waals surface area contributed by atoms with Gasteiger partial charge < -0.3 is 10.1 Å². The van der Waals surface area contributed by atoms with Crippen LogP contribution in [0.15, 0.2) is 0 Å². The number of carbonyl (C=O) groups is 1. The standard InChI is InChI=1S/C11H18F3NO2/c1-2-8-3-5-9(6-4-8)15-10(16)17-7-11(12,13)14/h8-9H,2-7H2,1H3,(H,15,16). The van der Waals surface area contributed by atoms with Gasteiger partial charge in [-0.2, -0.15) is 13.2 Å². The average molecular weight is 253 g/mol. The first kappa shape index (κ1) is 14.1. The molecule has 1 rings (SSSR count). The first-order valence-corrected chi connectivity index (χ1v) is 5.90. The zero-order chi connectivity index (χ0) is 12.9. The largest absolute Gasteiger partial charge is 0.440 e. The van der Waals surface area contributed by atoms with E-state index >= 15 is 0 Å². The van der Waals surface area contributed by atoms with Crippen molar-refractivity contribution in [1.82, 2.24) is 5.32 Å². The Bertz CT molecular complexity index is 248. The van der Waals surface area contributed by atoms with Gasteiger partial charge in [0.05, 0.1) is 0 Å². The molecular formula is C11H18F3NO2. The van der Waals surface area contributed by atoms with E-state index in [2.05, 4.69) is 17.0 Å². The van der Waals surface area contributed by atoms with Crippen molar-refractivity contribution < 1.29 is 22.7 Å². The Kier molecular flexibility index (Phi) is 5.08. The Labute approximate surface area is 98.7 Å². The highest BCUT2D eigenvalue weighted by Crippen LogP contribution is 2.26. The fourth-order valence-electron chi connectivity index (χ4n) is 2.07. The molecule has 100 valence electrons. The highest BCUT2D eigenvalue weighted by molar-refractivity contribution is 5.67. The lowest BCUT2D eigenvalue weighted by Gasteiger charge is -2.28. The molecule has 0 bridgehead atoms. The lowest BCUT2D eigenvalue weighted by atomic mass is 9.85. The number of amides is 1. The zero-order valence-corrected chi connectivity index (χ0v) is 9.85. The van der Waals surface area contributed by atoms with Gasteiger partial charge >= 0.3 is 12.3 Å². The Balaban J connectivity index is 2.19. The SMILES string of the molecule is CCC1CCC(NC(=O)OCC(F)(F)F)CC1. The van der Waals surface area contributed by atoms with E-state index < -0.39 is 18.9 Å². The first-order chi connectivity index (χ1) is 7.90. The van der Waals surface area contributed by atoms with E-state index in [0.29, 0.717) is 5.92 Å². The fraction of sp³-hybridized carbons (Fsp3) is 0.909. The van der Waals surface area contributed by atoms with Crippen LogP contribution in [0, 0.1) is 5.92 Å². The second kappa shape index (κ2) is 6.12. The van der Waals surface area contributed by atoms with Crippen molar-refractivity contribution in [3.63, 3.8) is 0 Å². The molecule has 1 fully saturated rings. The van der Waals surface area contributed by atoms with Gasteiger partial charge in [0.2, 0.25) is 0 Å². The Morgan fingerprint density at radius 3 is 2.35 bits per heavy atom. The average Bonchev–Trinajstić information content (AvgIpc) is 2.27. The van der Waals surface area contributed by atoms with Crippen LogP contribution in [0.4, 0.5) is 18.0 Å². The summed E-state index contributed by atoms with van der Waals surface area (Å²) in [4.78, 5) is 11.1. The highest BCUT2D eigenvalue weighted by Gasteiger charge is 2.30. The van der Waals surface area contributed by atoms with Crippen molar-refractivity contribution in [3.8, 4) is 0 Å².